The molecule has 0 saturated heterocycles. The Balaban J connectivity index is 5.33. The lowest BCUT2D eigenvalue weighted by molar-refractivity contribution is -0.141. The van der Waals surface area contributed by atoms with Crippen LogP contribution in [0.25, 0.3) is 0 Å². The van der Waals surface area contributed by atoms with E-state index in [9.17, 15) is 29.1 Å². The third-order valence-corrected chi connectivity index (χ3v) is 6.35. The summed E-state index contributed by atoms with van der Waals surface area (Å²) in [5.41, 5.74) is 11.4. The van der Waals surface area contributed by atoms with E-state index in [0.717, 1.165) is 0 Å². The third-order valence-electron chi connectivity index (χ3n) is 5.35. The first-order chi connectivity index (χ1) is 16.9. The molecule has 0 aromatic heterocycles. The first kappa shape index (κ1) is 34.0. The van der Waals surface area contributed by atoms with Crippen molar-refractivity contribution in [2.45, 2.75) is 76.7 Å². The molecule has 0 aliphatic rings. The van der Waals surface area contributed by atoms with Gasteiger partial charge < -0.3 is 37.8 Å². The van der Waals surface area contributed by atoms with E-state index in [0.29, 0.717) is 31.6 Å². The van der Waals surface area contributed by atoms with E-state index >= 15 is 0 Å². The lowest BCUT2D eigenvalue weighted by Crippen LogP contribution is -2.59. The van der Waals surface area contributed by atoms with Crippen LogP contribution in [0.1, 0.15) is 46.5 Å². The molecule has 12 nitrogen and oxygen atoms in total. The molecule has 0 unspecified atom stereocenters. The highest BCUT2D eigenvalue weighted by Gasteiger charge is 2.31. The van der Waals surface area contributed by atoms with E-state index < -0.39 is 59.8 Å². The normalized spacial score (nSPS) is 15.2. The minimum Gasteiger partial charge on any atom is -0.480 e. The molecular formula is C22H42N6O6S2. The minimum atomic E-state index is -1.25. The lowest BCUT2D eigenvalue weighted by atomic mass is 10.0. The largest absolute Gasteiger partial charge is 0.480 e. The number of hydrogen-bond acceptors (Lipinski definition) is 9. The predicted molar refractivity (Wildman–Crippen MR) is 144 cm³/mol. The van der Waals surface area contributed by atoms with Crippen LogP contribution in [0.5, 0.6) is 0 Å². The van der Waals surface area contributed by atoms with Gasteiger partial charge >= 0.3 is 5.97 Å². The average molecular weight is 551 g/mol. The van der Waals surface area contributed by atoms with Crippen LogP contribution in [0.3, 0.4) is 0 Å². The predicted octanol–water partition coefficient (Wildman–Crippen LogP) is -1.17. The van der Waals surface area contributed by atoms with Gasteiger partial charge in [-0.25, -0.2) is 4.79 Å². The van der Waals surface area contributed by atoms with Crippen molar-refractivity contribution in [3.63, 3.8) is 0 Å². The molecule has 0 aliphatic heterocycles. The van der Waals surface area contributed by atoms with Gasteiger partial charge in [-0.1, -0.05) is 13.8 Å². The fraction of sp³-hybridized carbons (Fsp3) is 0.773. The molecule has 208 valence electrons. The number of carbonyl (C=O) groups excluding carboxylic acids is 4. The topological polar surface area (TPSA) is 206 Å². The molecule has 36 heavy (non-hydrogen) atoms. The van der Waals surface area contributed by atoms with Crippen molar-refractivity contribution < 1.29 is 29.1 Å². The summed E-state index contributed by atoms with van der Waals surface area (Å²) in [4.78, 5) is 62.0. The highest BCUT2D eigenvalue weighted by atomic mass is 32.2. The zero-order valence-electron chi connectivity index (χ0n) is 21.4. The van der Waals surface area contributed by atoms with Crippen LogP contribution in [0.15, 0.2) is 0 Å². The van der Waals surface area contributed by atoms with Gasteiger partial charge in [-0.05, 0) is 57.1 Å². The van der Waals surface area contributed by atoms with Gasteiger partial charge in [-0.15, -0.1) is 0 Å². The number of amides is 4. The number of carboxylic acid groups (broad SMARTS) is 1. The number of thiol groups is 1. The second-order valence-corrected chi connectivity index (χ2v) is 10.1. The van der Waals surface area contributed by atoms with Crippen LogP contribution in [-0.2, 0) is 24.0 Å². The van der Waals surface area contributed by atoms with Crippen LogP contribution in [0, 0.1) is 5.92 Å². The molecule has 0 radical (unpaired) electrons. The third kappa shape index (κ3) is 12.8. The first-order valence-corrected chi connectivity index (χ1v) is 13.9. The molecule has 0 fully saturated rings. The molecule has 0 aromatic carbocycles. The summed E-state index contributed by atoms with van der Waals surface area (Å²) in [6.07, 6.45) is 3.71. The zero-order chi connectivity index (χ0) is 27.8. The van der Waals surface area contributed by atoms with Crippen molar-refractivity contribution >= 4 is 54.0 Å². The summed E-state index contributed by atoms with van der Waals surface area (Å²) in [5, 5.41) is 19.3. The Morgan fingerprint density at radius 1 is 0.861 bits per heavy atom. The lowest BCUT2D eigenvalue weighted by Gasteiger charge is -2.27. The Kier molecular flexibility index (Phi) is 17.2. The zero-order valence-corrected chi connectivity index (χ0v) is 23.1. The van der Waals surface area contributed by atoms with Crippen LogP contribution in [0.2, 0.25) is 0 Å². The van der Waals surface area contributed by atoms with Gasteiger partial charge in [-0.2, -0.15) is 24.4 Å². The fourth-order valence-electron chi connectivity index (χ4n) is 3.06. The number of carboxylic acids is 1. The molecule has 0 spiro atoms. The Bertz CT molecular complexity index is 742. The van der Waals surface area contributed by atoms with Gasteiger partial charge in [0.15, 0.2) is 0 Å². The summed E-state index contributed by atoms with van der Waals surface area (Å²) in [6, 6.07) is -4.96. The van der Waals surface area contributed by atoms with Gasteiger partial charge in [0.25, 0.3) is 0 Å². The Labute approximate surface area is 222 Å². The van der Waals surface area contributed by atoms with Crippen LogP contribution >= 0.6 is 24.4 Å². The van der Waals surface area contributed by atoms with E-state index in [2.05, 4.69) is 33.9 Å². The number of nitrogens with one attached hydrogen (secondary N) is 4. The van der Waals surface area contributed by atoms with Crippen molar-refractivity contribution in [2.24, 2.45) is 17.4 Å². The van der Waals surface area contributed by atoms with Crippen LogP contribution in [-0.4, -0.2) is 89.2 Å². The van der Waals surface area contributed by atoms with Crippen molar-refractivity contribution in [3.8, 4) is 0 Å². The molecule has 0 saturated carbocycles. The monoisotopic (exact) mass is 550 g/mol. The summed E-state index contributed by atoms with van der Waals surface area (Å²) in [5.74, 6) is -3.36. The number of carbonyl (C=O) groups is 5. The van der Waals surface area contributed by atoms with E-state index in [1.54, 1.807) is 25.6 Å². The highest BCUT2D eigenvalue weighted by Crippen LogP contribution is 2.07. The standard InChI is InChI=1S/C22H42N6O6S2/c1-12(2)17(28-18(29)13(3)25-19(30)14(24)8-10-36-4)21(32)26-15(7-5-6-9-23)20(31)27-16(11-35)22(33)34/h12-17,35H,5-11,23-24H2,1-4H3,(H,25,30)(H,26,32)(H,27,31)(H,28,29)(H,33,34)/t13-,14-,15-,16-,17-/m0/s1. The Morgan fingerprint density at radius 3 is 1.97 bits per heavy atom. The summed E-state index contributed by atoms with van der Waals surface area (Å²) in [7, 11) is 0. The molecule has 14 heteroatoms. The smallest absolute Gasteiger partial charge is 0.327 e. The first-order valence-electron chi connectivity index (χ1n) is 11.9. The maximum Gasteiger partial charge on any atom is 0.327 e. The van der Waals surface area contributed by atoms with E-state index in [-0.39, 0.29) is 18.1 Å². The summed E-state index contributed by atoms with van der Waals surface area (Å²) < 4.78 is 0. The van der Waals surface area contributed by atoms with Crippen LogP contribution < -0.4 is 32.7 Å². The number of rotatable bonds is 18. The van der Waals surface area contributed by atoms with Gasteiger partial charge in [0.05, 0.1) is 6.04 Å². The van der Waals surface area contributed by atoms with Gasteiger partial charge in [0, 0.05) is 5.75 Å². The van der Waals surface area contributed by atoms with E-state index in [1.165, 1.54) is 6.92 Å². The molecule has 0 aliphatic carbocycles. The molecule has 9 N–H and O–H groups in total. The average Bonchev–Trinajstić information content (AvgIpc) is 2.82. The van der Waals surface area contributed by atoms with Crippen molar-refractivity contribution in [2.75, 3.05) is 24.3 Å². The molecule has 0 aromatic rings. The highest BCUT2D eigenvalue weighted by molar-refractivity contribution is 7.98. The molecule has 0 rings (SSSR count). The maximum atomic E-state index is 13.1. The maximum absolute atomic E-state index is 13.1. The van der Waals surface area contributed by atoms with Crippen molar-refractivity contribution in [1.82, 2.24) is 21.3 Å². The van der Waals surface area contributed by atoms with Crippen molar-refractivity contribution in [1.29, 1.82) is 0 Å². The Morgan fingerprint density at radius 2 is 1.47 bits per heavy atom. The summed E-state index contributed by atoms with van der Waals surface area (Å²) >= 11 is 5.49. The fourth-order valence-corrected chi connectivity index (χ4v) is 3.79. The van der Waals surface area contributed by atoms with E-state index in [4.69, 9.17) is 11.5 Å². The second kappa shape index (κ2) is 18.3. The van der Waals surface area contributed by atoms with Gasteiger partial charge in [-0.3, -0.25) is 19.2 Å². The Hall–Kier alpha value is -2.03. The number of aliphatic carboxylic acids is 1. The molecule has 0 heterocycles. The number of hydrogen-bond donors (Lipinski definition) is 8. The second-order valence-electron chi connectivity index (χ2n) is 8.78. The van der Waals surface area contributed by atoms with Crippen LogP contribution in [0.4, 0.5) is 0 Å². The number of nitrogens with two attached hydrogens (primary N) is 2. The quantitative estimate of drug-likeness (QED) is 0.0763. The van der Waals surface area contributed by atoms with E-state index in [1.807, 2.05) is 6.26 Å². The SMILES string of the molecule is CSCC[C@H](N)C(=O)N[C@@H](C)C(=O)N[C@H](C(=O)N[C@@H](CCCCN)C(=O)N[C@@H](CS)C(=O)O)C(C)C. The molecule has 5 atom stereocenters. The minimum absolute atomic E-state index is 0.125. The van der Waals surface area contributed by atoms with Crippen molar-refractivity contribution in [3.05, 3.63) is 0 Å². The number of unbranched alkanes of at least 4 members (excludes halogenated alkanes) is 1. The molecular weight excluding hydrogens is 508 g/mol. The van der Waals surface area contributed by atoms with Gasteiger partial charge in [0.1, 0.15) is 24.2 Å². The van der Waals surface area contributed by atoms with Gasteiger partial charge in [0.2, 0.25) is 23.6 Å². The summed E-state index contributed by atoms with van der Waals surface area (Å²) in [6.45, 7) is 5.32. The molecule has 0 bridgehead atoms. The molecule has 4 amide bonds. The number of thioether (sulfide) groups is 1.